The summed E-state index contributed by atoms with van der Waals surface area (Å²) in [6.07, 6.45) is 8.10. The van der Waals surface area contributed by atoms with Gasteiger partial charge in [-0.1, -0.05) is 160 Å². The van der Waals surface area contributed by atoms with Gasteiger partial charge in [0.1, 0.15) is 12.1 Å². The first-order chi connectivity index (χ1) is 38.4. The monoisotopic (exact) mass is 961 g/mol. The van der Waals surface area contributed by atoms with Crippen molar-refractivity contribution in [2.45, 2.75) is 65.6 Å². The van der Waals surface area contributed by atoms with Gasteiger partial charge in [-0.15, -0.1) is 0 Å². The van der Waals surface area contributed by atoms with Crippen molar-refractivity contribution in [3.63, 3.8) is 0 Å². The molecule has 74 heavy (non-hydrogen) atoms. The quantitative estimate of drug-likeness (QED) is 0.115. The molecule has 5 heteroatoms. The molecule has 0 N–H and O–H groups in total. The van der Waals surface area contributed by atoms with Crippen LogP contribution in [0, 0.1) is 36.4 Å². The van der Waals surface area contributed by atoms with E-state index in [2.05, 4.69) is 112 Å². The highest BCUT2D eigenvalue weighted by atomic mass is 14.7. The minimum absolute atomic E-state index is 0.268. The van der Waals surface area contributed by atoms with Gasteiger partial charge in [0.05, 0.1) is 28.2 Å². The maximum absolute atomic E-state index is 10.2. The fourth-order valence-electron chi connectivity index (χ4n) is 9.75. The van der Waals surface area contributed by atoms with E-state index in [0.717, 1.165) is 98.3 Å². The van der Waals surface area contributed by atoms with Gasteiger partial charge in [-0.05, 0) is 177 Å². The summed E-state index contributed by atoms with van der Waals surface area (Å²) in [6.45, 7) is 0.707. The second-order valence-corrected chi connectivity index (χ2v) is 19.8. The molecule has 0 spiro atoms. The Hall–Kier alpha value is -9.03. The fraction of sp³-hybridized carbons (Fsp3) is 0.145. The Morgan fingerprint density at radius 3 is 1.50 bits per heavy atom. The molecule has 3 heterocycles. The molecule has 358 valence electrons. The standard InChI is InChI=1S/C69H57N5/c1-46-36-68(74-45-47(46)2)56-32-33-62(63(41-56)53-30-28-52(29-31-53)57-40-59(43-70)64(44-71)65(42-57)69(3,4)5)61-13-7-6-12-60(61)58-38-50(18-16-48-20-24-54(25-21-48)66-14-8-10-34-72-66)37-51(39-58)19-17-49-22-26-55(27-23-49)67-15-9-11-35-73-67/h6-15,20-42,45H,16-19H2,1-5H3/i1D3,2D3. The number of rotatable bonds is 13. The van der Waals surface area contributed by atoms with E-state index in [1.165, 1.54) is 34.5 Å². The zero-order chi connectivity index (χ0) is 56.2. The second-order valence-electron chi connectivity index (χ2n) is 19.8. The molecule has 7 aromatic carbocycles. The maximum Gasteiger partial charge on any atom is 0.101 e. The summed E-state index contributed by atoms with van der Waals surface area (Å²) in [7, 11) is 0. The molecule has 0 aliphatic carbocycles. The van der Waals surface area contributed by atoms with Gasteiger partial charge in [0.25, 0.3) is 0 Å². The Morgan fingerprint density at radius 2 is 0.946 bits per heavy atom. The normalized spacial score (nSPS) is 12.8. The van der Waals surface area contributed by atoms with Crippen LogP contribution in [0.5, 0.6) is 0 Å². The van der Waals surface area contributed by atoms with Crippen molar-refractivity contribution < 1.29 is 8.22 Å². The van der Waals surface area contributed by atoms with Crippen molar-refractivity contribution in [3.8, 4) is 90.4 Å². The first-order valence-electron chi connectivity index (χ1n) is 27.9. The van der Waals surface area contributed by atoms with Gasteiger partial charge in [0, 0.05) is 43.5 Å². The third kappa shape index (κ3) is 10.8. The summed E-state index contributed by atoms with van der Waals surface area (Å²) in [4.78, 5) is 13.7. The zero-order valence-electron chi connectivity index (χ0n) is 47.7. The third-order valence-electron chi connectivity index (χ3n) is 13.7. The average molecular weight is 962 g/mol. The van der Waals surface area contributed by atoms with Crippen LogP contribution in [0.4, 0.5) is 0 Å². The van der Waals surface area contributed by atoms with E-state index in [1.807, 2.05) is 124 Å². The van der Waals surface area contributed by atoms with Crippen LogP contribution in [0.3, 0.4) is 0 Å². The first kappa shape index (κ1) is 41.6. The van der Waals surface area contributed by atoms with Crippen LogP contribution >= 0.6 is 0 Å². The Kier molecular flexibility index (Phi) is 12.0. The van der Waals surface area contributed by atoms with Gasteiger partial charge >= 0.3 is 0 Å². The number of pyridine rings is 3. The molecular weight excluding hydrogens is 899 g/mol. The molecule has 0 atom stereocenters. The Bertz CT molecular complexity index is 3840. The summed E-state index contributed by atoms with van der Waals surface area (Å²) in [5, 5.41) is 20.3. The van der Waals surface area contributed by atoms with Crippen molar-refractivity contribution in [3.05, 3.63) is 257 Å². The van der Waals surface area contributed by atoms with Gasteiger partial charge in [-0.2, -0.15) is 10.5 Å². The lowest BCUT2D eigenvalue weighted by atomic mass is 9.80. The molecule has 0 aliphatic rings. The van der Waals surface area contributed by atoms with Crippen LogP contribution in [0.25, 0.3) is 78.3 Å². The van der Waals surface area contributed by atoms with E-state index in [1.54, 1.807) is 6.07 Å². The number of nitriles is 2. The summed E-state index contributed by atoms with van der Waals surface area (Å²) >= 11 is 0. The van der Waals surface area contributed by atoms with E-state index in [9.17, 15) is 10.5 Å². The number of hydrogen-bond acceptors (Lipinski definition) is 5. The van der Waals surface area contributed by atoms with Crippen molar-refractivity contribution in [1.29, 1.82) is 10.5 Å². The summed E-state index contributed by atoms with van der Waals surface area (Å²) < 4.78 is 49.4. The van der Waals surface area contributed by atoms with E-state index in [0.29, 0.717) is 22.4 Å². The molecule has 0 fully saturated rings. The molecular formula is C69H57N5. The van der Waals surface area contributed by atoms with Crippen LogP contribution < -0.4 is 0 Å². The Morgan fingerprint density at radius 1 is 0.405 bits per heavy atom. The molecule has 10 rings (SSSR count). The smallest absolute Gasteiger partial charge is 0.101 e. The van der Waals surface area contributed by atoms with Gasteiger partial charge < -0.3 is 0 Å². The van der Waals surface area contributed by atoms with Crippen molar-refractivity contribution in [2.24, 2.45) is 0 Å². The molecule has 0 radical (unpaired) electrons. The largest absolute Gasteiger partial charge is 0.256 e. The highest BCUT2D eigenvalue weighted by molar-refractivity contribution is 5.94. The van der Waals surface area contributed by atoms with E-state index >= 15 is 0 Å². The molecule has 0 saturated heterocycles. The van der Waals surface area contributed by atoms with Crippen LogP contribution in [0.2, 0.25) is 0 Å². The highest BCUT2D eigenvalue weighted by Crippen LogP contribution is 2.42. The van der Waals surface area contributed by atoms with Gasteiger partial charge in [0.15, 0.2) is 0 Å². The maximum atomic E-state index is 10.2. The predicted octanol–water partition coefficient (Wildman–Crippen LogP) is 16.8. The molecule has 5 nitrogen and oxygen atoms in total. The van der Waals surface area contributed by atoms with Crippen molar-refractivity contribution >= 4 is 0 Å². The van der Waals surface area contributed by atoms with Crippen molar-refractivity contribution in [1.82, 2.24) is 15.0 Å². The van der Waals surface area contributed by atoms with Crippen LogP contribution in [-0.2, 0) is 31.1 Å². The summed E-state index contributed by atoms with van der Waals surface area (Å²) in [5.74, 6) is 0. The minimum Gasteiger partial charge on any atom is -0.256 e. The van der Waals surface area contributed by atoms with Crippen molar-refractivity contribution in [2.75, 3.05) is 0 Å². The lowest BCUT2D eigenvalue weighted by molar-refractivity contribution is 0.588. The number of aromatic nitrogens is 3. The molecule has 0 bridgehead atoms. The fourth-order valence-corrected chi connectivity index (χ4v) is 9.75. The van der Waals surface area contributed by atoms with Gasteiger partial charge in [0.2, 0.25) is 0 Å². The Labute approximate surface area is 444 Å². The van der Waals surface area contributed by atoms with Gasteiger partial charge in [-0.25, -0.2) is 0 Å². The van der Waals surface area contributed by atoms with Gasteiger partial charge in [-0.3, -0.25) is 15.0 Å². The first-order valence-corrected chi connectivity index (χ1v) is 24.9. The molecule has 0 aliphatic heterocycles. The highest BCUT2D eigenvalue weighted by Gasteiger charge is 2.23. The number of aryl methyl sites for hydroxylation is 6. The number of benzene rings is 7. The molecule has 0 saturated carbocycles. The minimum atomic E-state index is -2.70. The average Bonchev–Trinajstić information content (AvgIpc) is 3.48. The van der Waals surface area contributed by atoms with Crippen LogP contribution in [-0.4, -0.2) is 15.0 Å². The predicted molar refractivity (Wildman–Crippen MR) is 303 cm³/mol. The van der Waals surface area contributed by atoms with Crippen LogP contribution in [0.15, 0.2) is 207 Å². The SMILES string of the molecule is [2H]C([2H])([2H])c1cnc(-c2ccc(-c3ccccc3-c3cc(CCc4ccc(-c5ccccn5)cc4)cc(CCc4ccc(-c5ccccn5)cc4)c3)c(-c3ccc(-c4cc(C#N)c(C#N)c(C(C)(C)C)c4)cc3)c2)cc1C([2H])([2H])[2H]. The summed E-state index contributed by atoms with van der Waals surface area (Å²) in [5.41, 5.74) is 17.7. The summed E-state index contributed by atoms with van der Waals surface area (Å²) in [6, 6.07) is 68.2. The lowest BCUT2D eigenvalue weighted by Crippen LogP contribution is -2.14. The second kappa shape index (κ2) is 21.4. The van der Waals surface area contributed by atoms with E-state index < -0.39 is 19.1 Å². The number of nitrogens with zero attached hydrogens (tertiary/aromatic N) is 5. The molecule has 10 aromatic rings. The molecule has 0 amide bonds. The zero-order valence-corrected chi connectivity index (χ0v) is 41.7. The van der Waals surface area contributed by atoms with Crippen LogP contribution in [0.1, 0.15) is 79.1 Å². The topological polar surface area (TPSA) is 86.2 Å². The van der Waals surface area contributed by atoms with E-state index in [-0.39, 0.29) is 11.1 Å². The molecule has 3 aromatic heterocycles. The number of hydrogen-bond donors (Lipinski definition) is 0. The van der Waals surface area contributed by atoms with E-state index in [4.69, 9.17) is 8.22 Å². The lowest BCUT2D eigenvalue weighted by Gasteiger charge is -2.22. The Balaban J connectivity index is 1.07. The molecule has 0 unspecified atom stereocenters. The third-order valence-corrected chi connectivity index (χ3v) is 13.7.